The van der Waals surface area contributed by atoms with Gasteiger partial charge in [-0.05, 0) is 66.6 Å². The summed E-state index contributed by atoms with van der Waals surface area (Å²) in [7, 11) is 1.52. The molecule has 6 nitrogen and oxygen atoms in total. The Morgan fingerprint density at radius 3 is 2.34 bits per heavy atom. The quantitative estimate of drug-likeness (QED) is 0.524. The van der Waals surface area contributed by atoms with E-state index in [2.05, 4.69) is 15.0 Å². The van der Waals surface area contributed by atoms with Crippen molar-refractivity contribution in [3.8, 4) is 17.2 Å². The lowest BCUT2D eigenvalue weighted by Gasteiger charge is -2.17. The molecule has 0 saturated carbocycles. The molecule has 0 radical (unpaired) electrons. The third-order valence-corrected chi connectivity index (χ3v) is 4.53. The molecular weight excluding hydrogens is 425 g/mol. The van der Waals surface area contributed by atoms with Crippen LogP contribution in [0.25, 0.3) is 0 Å². The van der Waals surface area contributed by atoms with Gasteiger partial charge in [-0.15, -0.1) is 13.2 Å². The Kier molecular flexibility index (Phi) is 7.19. The molecule has 1 heterocycles. The third kappa shape index (κ3) is 6.37. The number of carbonyl (C=O) groups is 1. The smallest absolute Gasteiger partial charge is 0.493 e. The Balaban J connectivity index is 1.64. The molecular formula is C23H21F3N2O4. The Labute approximate surface area is 183 Å². The van der Waals surface area contributed by atoms with Crippen LogP contribution in [0, 0.1) is 0 Å². The van der Waals surface area contributed by atoms with Crippen LogP contribution in [0.15, 0.2) is 67.0 Å². The van der Waals surface area contributed by atoms with Crippen LogP contribution >= 0.6 is 0 Å². The number of carbonyl (C=O) groups excluding carboxylic acids is 1. The van der Waals surface area contributed by atoms with E-state index in [4.69, 9.17) is 9.47 Å². The Bertz CT molecular complexity index is 1040. The molecule has 0 spiro atoms. The predicted molar refractivity (Wildman–Crippen MR) is 111 cm³/mol. The number of aromatic nitrogens is 1. The molecule has 168 valence electrons. The second-order valence-corrected chi connectivity index (χ2v) is 6.82. The molecule has 2 aromatic carbocycles. The zero-order chi connectivity index (χ0) is 23.1. The van der Waals surface area contributed by atoms with Crippen molar-refractivity contribution in [3.63, 3.8) is 0 Å². The fourth-order valence-corrected chi connectivity index (χ4v) is 2.88. The lowest BCUT2D eigenvalue weighted by molar-refractivity contribution is -0.274. The second kappa shape index (κ2) is 10.0. The molecule has 3 rings (SSSR count). The van der Waals surface area contributed by atoms with Gasteiger partial charge in [0.1, 0.15) is 12.4 Å². The summed E-state index contributed by atoms with van der Waals surface area (Å²) in [4.78, 5) is 16.4. The topological polar surface area (TPSA) is 69.7 Å². The van der Waals surface area contributed by atoms with Crippen LogP contribution in [-0.2, 0) is 6.61 Å². The van der Waals surface area contributed by atoms with Crippen molar-refractivity contribution >= 4 is 5.91 Å². The van der Waals surface area contributed by atoms with E-state index >= 15 is 0 Å². The van der Waals surface area contributed by atoms with Gasteiger partial charge in [0.25, 0.3) is 5.91 Å². The number of hydrogen-bond acceptors (Lipinski definition) is 5. The minimum absolute atomic E-state index is 0.204. The molecule has 0 unspecified atom stereocenters. The molecule has 1 aromatic heterocycles. The molecule has 32 heavy (non-hydrogen) atoms. The monoisotopic (exact) mass is 446 g/mol. The summed E-state index contributed by atoms with van der Waals surface area (Å²) in [5, 5.41) is 2.80. The Hall–Kier alpha value is -3.75. The predicted octanol–water partition coefficient (Wildman–Crippen LogP) is 5.06. The molecule has 3 aromatic rings. The molecule has 1 amide bonds. The average Bonchev–Trinajstić information content (AvgIpc) is 2.77. The van der Waals surface area contributed by atoms with Crippen molar-refractivity contribution in [2.75, 3.05) is 7.11 Å². The van der Waals surface area contributed by atoms with Gasteiger partial charge in [-0.2, -0.15) is 0 Å². The van der Waals surface area contributed by atoms with E-state index in [0.29, 0.717) is 18.1 Å². The normalized spacial score (nSPS) is 12.0. The first-order chi connectivity index (χ1) is 15.2. The Morgan fingerprint density at radius 1 is 1.03 bits per heavy atom. The highest BCUT2D eigenvalue weighted by Crippen LogP contribution is 2.31. The lowest BCUT2D eigenvalue weighted by atomic mass is 10.1. The summed E-state index contributed by atoms with van der Waals surface area (Å²) in [5.41, 5.74) is 1.93. The maximum atomic E-state index is 12.5. The lowest BCUT2D eigenvalue weighted by Crippen LogP contribution is -2.26. The van der Waals surface area contributed by atoms with Crippen molar-refractivity contribution < 1.29 is 32.2 Å². The molecule has 1 N–H and O–H groups in total. The number of benzene rings is 2. The van der Waals surface area contributed by atoms with Crippen LogP contribution in [0.3, 0.4) is 0 Å². The van der Waals surface area contributed by atoms with E-state index in [1.807, 2.05) is 12.1 Å². The number of pyridine rings is 1. The van der Waals surface area contributed by atoms with Crippen LogP contribution in [0.5, 0.6) is 17.2 Å². The average molecular weight is 446 g/mol. The maximum Gasteiger partial charge on any atom is 0.573 e. The number of methoxy groups -OCH3 is 1. The summed E-state index contributed by atoms with van der Waals surface area (Å²) in [5.74, 6) is 0.223. The highest BCUT2D eigenvalue weighted by atomic mass is 19.4. The number of alkyl halides is 3. The molecule has 0 aliphatic heterocycles. The molecule has 9 heteroatoms. The van der Waals surface area contributed by atoms with Crippen molar-refractivity contribution in [3.05, 3.63) is 83.7 Å². The SMILES string of the molecule is COc1cc([C@@H](C)NC(=O)c2ccc(OC(F)(F)F)cc2)ccc1OCc1ccncc1. The fraction of sp³-hybridized carbons (Fsp3) is 0.217. The standard InChI is InChI=1S/C23H21F3N2O4/c1-15(28-22(29)17-3-6-19(7-4-17)32-23(24,25)26)18-5-8-20(21(13-18)30-2)31-14-16-9-11-27-12-10-16/h3-13,15H,14H2,1-2H3,(H,28,29)/t15-/m1/s1. The highest BCUT2D eigenvalue weighted by Gasteiger charge is 2.31. The van der Waals surface area contributed by atoms with E-state index in [1.165, 1.54) is 19.2 Å². The number of nitrogens with zero attached hydrogens (tertiary/aromatic N) is 1. The molecule has 0 bridgehead atoms. The molecule has 0 aliphatic rings. The van der Waals surface area contributed by atoms with Gasteiger partial charge in [-0.1, -0.05) is 6.07 Å². The van der Waals surface area contributed by atoms with Crippen LogP contribution in [0.2, 0.25) is 0 Å². The van der Waals surface area contributed by atoms with Crippen LogP contribution < -0.4 is 19.5 Å². The number of ether oxygens (including phenoxy) is 3. The molecule has 0 fully saturated rings. The number of nitrogens with one attached hydrogen (secondary N) is 1. The van der Waals surface area contributed by atoms with Crippen molar-refractivity contribution in [1.29, 1.82) is 0 Å². The number of hydrogen-bond donors (Lipinski definition) is 1. The third-order valence-electron chi connectivity index (χ3n) is 4.53. The van der Waals surface area contributed by atoms with E-state index in [0.717, 1.165) is 23.3 Å². The molecule has 1 atom stereocenters. The zero-order valence-corrected chi connectivity index (χ0v) is 17.3. The van der Waals surface area contributed by atoms with Crippen LogP contribution in [0.1, 0.15) is 34.5 Å². The first kappa shape index (κ1) is 22.9. The summed E-state index contributed by atoms with van der Waals surface area (Å²) >= 11 is 0. The van der Waals surface area contributed by atoms with Gasteiger partial charge in [0.15, 0.2) is 11.5 Å². The summed E-state index contributed by atoms with van der Waals surface area (Å²) in [6.45, 7) is 2.13. The Morgan fingerprint density at radius 2 is 1.72 bits per heavy atom. The highest BCUT2D eigenvalue weighted by molar-refractivity contribution is 5.94. The second-order valence-electron chi connectivity index (χ2n) is 6.82. The minimum Gasteiger partial charge on any atom is -0.493 e. The first-order valence-electron chi connectivity index (χ1n) is 9.61. The van der Waals surface area contributed by atoms with Gasteiger partial charge in [-0.25, -0.2) is 0 Å². The summed E-state index contributed by atoms with van der Waals surface area (Å²) in [6.07, 6.45) is -1.42. The zero-order valence-electron chi connectivity index (χ0n) is 17.3. The largest absolute Gasteiger partial charge is 0.573 e. The number of rotatable bonds is 8. The van der Waals surface area contributed by atoms with Gasteiger partial charge in [0.05, 0.1) is 13.2 Å². The summed E-state index contributed by atoms with van der Waals surface area (Å²) < 4.78 is 51.8. The van der Waals surface area contributed by atoms with Crippen LogP contribution in [-0.4, -0.2) is 24.4 Å². The van der Waals surface area contributed by atoms with Gasteiger partial charge >= 0.3 is 6.36 Å². The fourth-order valence-electron chi connectivity index (χ4n) is 2.88. The van der Waals surface area contributed by atoms with E-state index < -0.39 is 24.1 Å². The van der Waals surface area contributed by atoms with Crippen molar-refractivity contribution in [1.82, 2.24) is 10.3 Å². The maximum absolute atomic E-state index is 12.5. The molecule has 0 aliphatic carbocycles. The van der Waals surface area contributed by atoms with E-state index in [-0.39, 0.29) is 5.56 Å². The van der Waals surface area contributed by atoms with E-state index in [1.54, 1.807) is 37.5 Å². The number of halogens is 3. The van der Waals surface area contributed by atoms with Gasteiger partial charge < -0.3 is 19.5 Å². The van der Waals surface area contributed by atoms with Crippen LogP contribution in [0.4, 0.5) is 13.2 Å². The first-order valence-corrected chi connectivity index (χ1v) is 9.61. The summed E-state index contributed by atoms with van der Waals surface area (Å²) in [6, 6.07) is 13.3. The van der Waals surface area contributed by atoms with Crippen molar-refractivity contribution in [2.24, 2.45) is 0 Å². The number of amides is 1. The van der Waals surface area contributed by atoms with E-state index in [9.17, 15) is 18.0 Å². The molecule has 0 saturated heterocycles. The van der Waals surface area contributed by atoms with Gasteiger partial charge in [0.2, 0.25) is 0 Å². The minimum atomic E-state index is -4.79. The van der Waals surface area contributed by atoms with Gasteiger partial charge in [0, 0.05) is 18.0 Å². The van der Waals surface area contributed by atoms with Gasteiger partial charge in [-0.3, -0.25) is 9.78 Å². The van der Waals surface area contributed by atoms with Crippen molar-refractivity contribution in [2.45, 2.75) is 25.9 Å².